The number of anilines is 1. The summed E-state index contributed by atoms with van der Waals surface area (Å²) in [6, 6.07) is 7.65. The van der Waals surface area contributed by atoms with E-state index < -0.39 is 0 Å². The van der Waals surface area contributed by atoms with Crippen molar-refractivity contribution in [1.82, 2.24) is 4.90 Å². The molecule has 1 aliphatic rings. The van der Waals surface area contributed by atoms with Gasteiger partial charge in [0.15, 0.2) is 0 Å². The monoisotopic (exact) mass is 235 g/mol. The van der Waals surface area contributed by atoms with Gasteiger partial charge in [-0.25, -0.2) is 0 Å². The van der Waals surface area contributed by atoms with Crippen LogP contribution in [0.25, 0.3) is 0 Å². The van der Waals surface area contributed by atoms with Crippen molar-refractivity contribution in [2.24, 2.45) is 0 Å². The fraction of sp³-hybridized carbons (Fsp3) is 0.417. The fourth-order valence-electron chi connectivity index (χ4n) is 1.89. The Balaban J connectivity index is 2.20. The van der Waals surface area contributed by atoms with Crippen LogP contribution in [0.5, 0.6) is 0 Å². The Labute approximate surface area is 101 Å². The highest BCUT2D eigenvalue weighted by Crippen LogP contribution is 2.23. The van der Waals surface area contributed by atoms with Crippen LogP contribution in [0.4, 0.5) is 5.69 Å². The smallest absolute Gasteiger partial charge is 0.0992 e. The minimum Gasteiger partial charge on any atom is -0.369 e. The lowest BCUT2D eigenvalue weighted by Gasteiger charge is -2.34. The Morgan fingerprint density at radius 1 is 1.19 bits per heavy atom. The summed E-state index contributed by atoms with van der Waals surface area (Å²) < 4.78 is 0. The Kier molecular flexibility index (Phi) is 3.33. The summed E-state index contributed by atoms with van der Waals surface area (Å²) in [5.41, 5.74) is 1.68. The Hall–Kier alpha value is -1.24. The highest BCUT2D eigenvalue weighted by Gasteiger charge is 2.14. The molecule has 2 rings (SSSR count). The SMILES string of the molecule is CN1CCN(c2cc(Cl)cc(C#N)c2)CC1. The molecule has 0 radical (unpaired) electrons. The van der Waals surface area contributed by atoms with E-state index in [1.807, 2.05) is 12.1 Å². The van der Waals surface area contributed by atoms with Gasteiger partial charge in [0, 0.05) is 36.9 Å². The summed E-state index contributed by atoms with van der Waals surface area (Å²) in [5.74, 6) is 0. The van der Waals surface area contributed by atoms with Crippen molar-refractivity contribution in [3.05, 3.63) is 28.8 Å². The van der Waals surface area contributed by atoms with Crippen LogP contribution in [-0.4, -0.2) is 38.1 Å². The molecule has 0 bridgehead atoms. The molecule has 4 heteroatoms. The van der Waals surface area contributed by atoms with E-state index in [0.717, 1.165) is 31.9 Å². The van der Waals surface area contributed by atoms with E-state index in [4.69, 9.17) is 16.9 Å². The average molecular weight is 236 g/mol. The third-order valence-electron chi connectivity index (χ3n) is 2.88. The lowest BCUT2D eigenvalue weighted by molar-refractivity contribution is 0.313. The van der Waals surface area contributed by atoms with Gasteiger partial charge in [-0.3, -0.25) is 0 Å². The van der Waals surface area contributed by atoms with Gasteiger partial charge >= 0.3 is 0 Å². The molecule has 0 N–H and O–H groups in total. The van der Waals surface area contributed by atoms with Crippen LogP contribution in [0.2, 0.25) is 5.02 Å². The summed E-state index contributed by atoms with van der Waals surface area (Å²) in [4.78, 5) is 4.57. The molecule has 0 unspecified atom stereocenters. The van der Waals surface area contributed by atoms with E-state index in [0.29, 0.717) is 10.6 Å². The molecule has 1 aliphatic heterocycles. The van der Waals surface area contributed by atoms with Gasteiger partial charge in [-0.2, -0.15) is 5.26 Å². The maximum Gasteiger partial charge on any atom is 0.0992 e. The molecule has 0 aliphatic carbocycles. The van der Waals surface area contributed by atoms with Crippen LogP contribution in [0.15, 0.2) is 18.2 Å². The van der Waals surface area contributed by atoms with E-state index in [1.165, 1.54) is 0 Å². The summed E-state index contributed by atoms with van der Waals surface area (Å²) in [6.07, 6.45) is 0. The maximum absolute atomic E-state index is 8.89. The molecule has 0 aromatic heterocycles. The van der Waals surface area contributed by atoms with Crippen molar-refractivity contribution in [2.45, 2.75) is 0 Å². The average Bonchev–Trinajstić information content (AvgIpc) is 2.29. The van der Waals surface area contributed by atoms with E-state index in [-0.39, 0.29) is 0 Å². The largest absolute Gasteiger partial charge is 0.369 e. The molecule has 0 saturated carbocycles. The molecule has 1 aromatic carbocycles. The molecule has 84 valence electrons. The molecule has 0 spiro atoms. The lowest BCUT2D eigenvalue weighted by atomic mass is 10.2. The summed E-state index contributed by atoms with van der Waals surface area (Å²) in [5, 5.41) is 9.52. The number of hydrogen-bond acceptors (Lipinski definition) is 3. The van der Waals surface area contributed by atoms with Gasteiger partial charge in [-0.05, 0) is 25.2 Å². The van der Waals surface area contributed by atoms with Gasteiger partial charge in [0.25, 0.3) is 0 Å². The summed E-state index contributed by atoms with van der Waals surface area (Å²) in [7, 11) is 2.12. The highest BCUT2D eigenvalue weighted by molar-refractivity contribution is 6.31. The number of halogens is 1. The van der Waals surface area contributed by atoms with E-state index in [9.17, 15) is 0 Å². The van der Waals surface area contributed by atoms with Crippen LogP contribution in [0, 0.1) is 11.3 Å². The first kappa shape index (κ1) is 11.3. The number of rotatable bonds is 1. The second-order valence-corrected chi connectivity index (χ2v) is 4.54. The van der Waals surface area contributed by atoms with Crippen molar-refractivity contribution in [3.8, 4) is 6.07 Å². The van der Waals surface area contributed by atoms with Crippen LogP contribution in [0.1, 0.15) is 5.56 Å². The van der Waals surface area contributed by atoms with Crippen LogP contribution >= 0.6 is 11.6 Å². The minimum absolute atomic E-state index is 0.626. The summed E-state index contributed by atoms with van der Waals surface area (Å²) in [6.45, 7) is 4.08. The van der Waals surface area contributed by atoms with Gasteiger partial charge in [-0.15, -0.1) is 0 Å². The molecule has 1 heterocycles. The molecule has 1 aromatic rings. The Morgan fingerprint density at radius 3 is 2.50 bits per heavy atom. The molecule has 1 saturated heterocycles. The first-order valence-corrected chi connectivity index (χ1v) is 5.71. The predicted molar refractivity (Wildman–Crippen MR) is 65.9 cm³/mol. The van der Waals surface area contributed by atoms with Gasteiger partial charge in [0.2, 0.25) is 0 Å². The third-order valence-corrected chi connectivity index (χ3v) is 3.10. The third kappa shape index (κ3) is 2.46. The van der Waals surface area contributed by atoms with Crippen molar-refractivity contribution >= 4 is 17.3 Å². The van der Waals surface area contributed by atoms with Crippen LogP contribution in [-0.2, 0) is 0 Å². The minimum atomic E-state index is 0.626. The standard InChI is InChI=1S/C12H14ClN3/c1-15-2-4-16(5-3-15)12-7-10(9-14)6-11(13)8-12/h6-8H,2-5H2,1H3. The zero-order valence-electron chi connectivity index (χ0n) is 9.28. The molecule has 0 atom stereocenters. The van der Waals surface area contributed by atoms with Gasteiger partial charge in [-0.1, -0.05) is 11.6 Å². The molecule has 16 heavy (non-hydrogen) atoms. The number of nitriles is 1. The number of nitrogens with zero attached hydrogens (tertiary/aromatic N) is 3. The first-order chi connectivity index (χ1) is 7.69. The van der Waals surface area contributed by atoms with Gasteiger partial charge in [0.1, 0.15) is 0 Å². The van der Waals surface area contributed by atoms with E-state index >= 15 is 0 Å². The number of benzene rings is 1. The van der Waals surface area contributed by atoms with Crippen LogP contribution in [0.3, 0.4) is 0 Å². The second kappa shape index (κ2) is 4.73. The van der Waals surface area contributed by atoms with Crippen LogP contribution < -0.4 is 4.90 Å². The molecule has 1 fully saturated rings. The Bertz CT molecular complexity index is 417. The maximum atomic E-state index is 8.89. The van der Waals surface area contributed by atoms with Crippen molar-refractivity contribution in [3.63, 3.8) is 0 Å². The molecule has 0 amide bonds. The topological polar surface area (TPSA) is 30.3 Å². The normalized spacial score (nSPS) is 17.2. The van der Waals surface area contributed by atoms with E-state index in [1.54, 1.807) is 6.07 Å². The quantitative estimate of drug-likeness (QED) is 0.746. The van der Waals surface area contributed by atoms with Crippen molar-refractivity contribution in [2.75, 3.05) is 38.1 Å². The van der Waals surface area contributed by atoms with Crippen molar-refractivity contribution in [1.29, 1.82) is 5.26 Å². The molecular formula is C12H14ClN3. The zero-order chi connectivity index (χ0) is 11.5. The van der Waals surface area contributed by atoms with Crippen molar-refractivity contribution < 1.29 is 0 Å². The second-order valence-electron chi connectivity index (χ2n) is 4.10. The lowest BCUT2D eigenvalue weighted by Crippen LogP contribution is -2.44. The first-order valence-electron chi connectivity index (χ1n) is 5.33. The molecular weight excluding hydrogens is 222 g/mol. The fourth-order valence-corrected chi connectivity index (χ4v) is 2.12. The Morgan fingerprint density at radius 2 is 1.88 bits per heavy atom. The zero-order valence-corrected chi connectivity index (χ0v) is 10.0. The highest BCUT2D eigenvalue weighted by atomic mass is 35.5. The molecule has 3 nitrogen and oxygen atoms in total. The number of likely N-dealkylation sites (N-methyl/N-ethyl adjacent to an activating group) is 1. The number of hydrogen-bond donors (Lipinski definition) is 0. The van der Waals surface area contributed by atoms with Gasteiger partial charge in [0.05, 0.1) is 11.6 Å². The number of piperazine rings is 1. The van der Waals surface area contributed by atoms with Gasteiger partial charge < -0.3 is 9.80 Å². The summed E-state index contributed by atoms with van der Waals surface area (Å²) >= 11 is 5.99. The predicted octanol–water partition coefficient (Wildman–Crippen LogP) is 1.96. The van der Waals surface area contributed by atoms with E-state index in [2.05, 4.69) is 22.9 Å².